The van der Waals surface area contributed by atoms with Crippen LogP contribution in [0, 0.1) is 11.8 Å². The molecule has 1 aliphatic heterocycles. The molecule has 0 aromatic rings. The molecule has 1 heterocycles. The summed E-state index contributed by atoms with van der Waals surface area (Å²) in [6, 6.07) is 0. The van der Waals surface area contributed by atoms with Gasteiger partial charge < -0.3 is 4.74 Å². The third-order valence-corrected chi connectivity index (χ3v) is 2.76. The standard InChI is InChI=1S/C11H18O2/c1-8-7-13-9(2)5-4-6-11(12)10(8)3/h5,8,10H,4,6-7H2,1-3H3/b9-5-/t8-,10+/m1/s1. The van der Waals surface area contributed by atoms with Crippen molar-refractivity contribution in [1.82, 2.24) is 0 Å². The molecule has 1 rings (SSSR count). The molecule has 2 nitrogen and oxygen atoms in total. The van der Waals surface area contributed by atoms with Crippen molar-refractivity contribution in [3.05, 3.63) is 11.8 Å². The van der Waals surface area contributed by atoms with Crippen LogP contribution in [0.4, 0.5) is 0 Å². The molecule has 0 saturated carbocycles. The van der Waals surface area contributed by atoms with Crippen molar-refractivity contribution in [3.8, 4) is 0 Å². The first kappa shape index (κ1) is 10.3. The fourth-order valence-electron chi connectivity index (χ4n) is 1.43. The zero-order valence-electron chi connectivity index (χ0n) is 8.67. The lowest BCUT2D eigenvalue weighted by atomic mass is 9.90. The van der Waals surface area contributed by atoms with Gasteiger partial charge in [0.05, 0.1) is 12.4 Å². The van der Waals surface area contributed by atoms with E-state index in [4.69, 9.17) is 4.74 Å². The van der Waals surface area contributed by atoms with Gasteiger partial charge in [-0.2, -0.15) is 0 Å². The van der Waals surface area contributed by atoms with Crippen molar-refractivity contribution < 1.29 is 9.53 Å². The lowest BCUT2D eigenvalue weighted by molar-refractivity contribution is -0.124. The summed E-state index contributed by atoms with van der Waals surface area (Å²) in [4.78, 5) is 11.6. The molecular formula is C11H18O2. The normalized spacial score (nSPS) is 35.0. The Morgan fingerprint density at radius 3 is 2.85 bits per heavy atom. The minimum Gasteiger partial charge on any atom is -0.498 e. The van der Waals surface area contributed by atoms with Gasteiger partial charge in [0.25, 0.3) is 0 Å². The van der Waals surface area contributed by atoms with Gasteiger partial charge >= 0.3 is 0 Å². The molecule has 0 unspecified atom stereocenters. The van der Waals surface area contributed by atoms with Gasteiger partial charge in [0, 0.05) is 12.3 Å². The second-order valence-corrected chi connectivity index (χ2v) is 3.90. The van der Waals surface area contributed by atoms with Crippen molar-refractivity contribution >= 4 is 5.78 Å². The largest absolute Gasteiger partial charge is 0.498 e. The van der Waals surface area contributed by atoms with Crippen LogP contribution in [0.5, 0.6) is 0 Å². The maximum atomic E-state index is 11.6. The molecule has 0 amide bonds. The molecule has 13 heavy (non-hydrogen) atoms. The second-order valence-electron chi connectivity index (χ2n) is 3.90. The molecule has 0 aromatic carbocycles. The number of Topliss-reactive ketones (excluding diaryl/α,β-unsaturated/α-hetero) is 1. The first-order valence-electron chi connectivity index (χ1n) is 4.93. The van der Waals surface area contributed by atoms with Gasteiger partial charge in [-0.1, -0.05) is 13.8 Å². The van der Waals surface area contributed by atoms with Crippen LogP contribution in [0.2, 0.25) is 0 Å². The zero-order valence-corrected chi connectivity index (χ0v) is 8.67. The van der Waals surface area contributed by atoms with Gasteiger partial charge in [0.1, 0.15) is 5.78 Å². The number of hydrogen-bond acceptors (Lipinski definition) is 2. The Balaban J connectivity index is 2.65. The van der Waals surface area contributed by atoms with E-state index in [0.29, 0.717) is 24.7 Å². The summed E-state index contributed by atoms with van der Waals surface area (Å²) in [5.74, 6) is 1.78. The van der Waals surface area contributed by atoms with Crippen LogP contribution >= 0.6 is 0 Å². The van der Waals surface area contributed by atoms with Crippen molar-refractivity contribution in [2.75, 3.05) is 6.61 Å². The van der Waals surface area contributed by atoms with E-state index in [0.717, 1.165) is 12.2 Å². The summed E-state index contributed by atoms with van der Waals surface area (Å²) in [5.41, 5.74) is 0. The van der Waals surface area contributed by atoms with E-state index >= 15 is 0 Å². The van der Waals surface area contributed by atoms with Crippen LogP contribution in [0.15, 0.2) is 11.8 Å². The Kier molecular flexibility index (Phi) is 3.52. The summed E-state index contributed by atoms with van der Waals surface area (Å²) in [7, 11) is 0. The summed E-state index contributed by atoms with van der Waals surface area (Å²) in [5, 5.41) is 0. The molecule has 74 valence electrons. The van der Waals surface area contributed by atoms with E-state index in [9.17, 15) is 4.79 Å². The average Bonchev–Trinajstić information content (AvgIpc) is 2.15. The van der Waals surface area contributed by atoms with Gasteiger partial charge in [-0.3, -0.25) is 4.79 Å². The molecule has 0 bridgehead atoms. The highest BCUT2D eigenvalue weighted by molar-refractivity contribution is 5.81. The van der Waals surface area contributed by atoms with E-state index in [1.54, 1.807) is 0 Å². The summed E-state index contributed by atoms with van der Waals surface area (Å²) < 4.78 is 5.50. The van der Waals surface area contributed by atoms with Crippen LogP contribution in [0.25, 0.3) is 0 Å². The van der Waals surface area contributed by atoms with Crippen molar-refractivity contribution in [3.63, 3.8) is 0 Å². The molecule has 0 aromatic heterocycles. The smallest absolute Gasteiger partial charge is 0.136 e. The molecular weight excluding hydrogens is 164 g/mol. The van der Waals surface area contributed by atoms with Crippen molar-refractivity contribution in [2.45, 2.75) is 33.6 Å². The van der Waals surface area contributed by atoms with Crippen molar-refractivity contribution in [2.24, 2.45) is 11.8 Å². The Hall–Kier alpha value is -0.790. The minimum absolute atomic E-state index is 0.138. The van der Waals surface area contributed by atoms with Crippen molar-refractivity contribution in [1.29, 1.82) is 0 Å². The van der Waals surface area contributed by atoms with Gasteiger partial charge in [-0.05, 0) is 25.3 Å². The summed E-state index contributed by atoms with van der Waals surface area (Å²) >= 11 is 0. The van der Waals surface area contributed by atoms with Crippen LogP contribution in [0.1, 0.15) is 33.6 Å². The first-order valence-corrected chi connectivity index (χ1v) is 4.93. The Morgan fingerprint density at radius 1 is 1.46 bits per heavy atom. The quantitative estimate of drug-likeness (QED) is 0.575. The predicted octanol–water partition coefficient (Wildman–Crippen LogP) is 2.54. The van der Waals surface area contributed by atoms with Crippen LogP contribution in [-0.4, -0.2) is 12.4 Å². The van der Waals surface area contributed by atoms with E-state index in [2.05, 4.69) is 6.92 Å². The Labute approximate surface area is 80.0 Å². The molecule has 1 aliphatic rings. The highest BCUT2D eigenvalue weighted by Gasteiger charge is 2.21. The van der Waals surface area contributed by atoms with Gasteiger partial charge in [-0.25, -0.2) is 0 Å². The zero-order chi connectivity index (χ0) is 9.84. The molecule has 2 heteroatoms. The van der Waals surface area contributed by atoms with Gasteiger partial charge in [-0.15, -0.1) is 0 Å². The third kappa shape index (κ3) is 2.87. The monoisotopic (exact) mass is 182 g/mol. The molecule has 0 radical (unpaired) electrons. The number of ketones is 1. The topological polar surface area (TPSA) is 26.3 Å². The lowest BCUT2D eigenvalue weighted by Gasteiger charge is -2.17. The number of hydrogen-bond donors (Lipinski definition) is 0. The Morgan fingerprint density at radius 2 is 2.15 bits per heavy atom. The van der Waals surface area contributed by atoms with E-state index in [1.807, 2.05) is 19.9 Å². The first-order chi connectivity index (χ1) is 6.11. The van der Waals surface area contributed by atoms with Crippen LogP contribution in [-0.2, 0) is 9.53 Å². The third-order valence-electron chi connectivity index (χ3n) is 2.76. The second kappa shape index (κ2) is 4.45. The fourth-order valence-corrected chi connectivity index (χ4v) is 1.43. The number of ether oxygens (including phenoxy) is 1. The maximum Gasteiger partial charge on any atom is 0.136 e. The SMILES string of the molecule is C/C1=C/CCC(=O)[C@@H](C)[C@H](C)CO1. The predicted molar refractivity (Wildman–Crippen MR) is 52.3 cm³/mol. The lowest BCUT2D eigenvalue weighted by Crippen LogP contribution is -2.21. The summed E-state index contributed by atoms with van der Waals surface area (Å²) in [6.45, 7) is 6.68. The highest BCUT2D eigenvalue weighted by Crippen LogP contribution is 2.18. The van der Waals surface area contributed by atoms with Crippen LogP contribution < -0.4 is 0 Å². The number of allylic oxidation sites excluding steroid dienone is 2. The fraction of sp³-hybridized carbons (Fsp3) is 0.727. The van der Waals surface area contributed by atoms with Gasteiger partial charge in [0.15, 0.2) is 0 Å². The van der Waals surface area contributed by atoms with E-state index in [-0.39, 0.29) is 5.92 Å². The molecule has 0 fully saturated rings. The van der Waals surface area contributed by atoms with Crippen LogP contribution in [0.3, 0.4) is 0 Å². The molecule has 0 N–H and O–H groups in total. The van der Waals surface area contributed by atoms with Gasteiger partial charge in [0.2, 0.25) is 0 Å². The molecule has 0 aliphatic carbocycles. The summed E-state index contributed by atoms with van der Waals surface area (Å²) in [6.07, 6.45) is 3.48. The highest BCUT2D eigenvalue weighted by atomic mass is 16.5. The Bertz CT molecular complexity index is 218. The molecule has 2 atom stereocenters. The van der Waals surface area contributed by atoms with E-state index in [1.165, 1.54) is 0 Å². The molecule has 0 spiro atoms. The van der Waals surface area contributed by atoms with E-state index < -0.39 is 0 Å². The number of rotatable bonds is 0. The number of carbonyl (C=O) groups excluding carboxylic acids is 1. The average molecular weight is 182 g/mol. The molecule has 0 saturated heterocycles. The maximum absolute atomic E-state index is 11.6. The minimum atomic E-state index is 0.138. The number of carbonyl (C=O) groups is 1.